The van der Waals surface area contributed by atoms with Crippen molar-refractivity contribution >= 4 is 11.3 Å². The Balaban J connectivity index is 1.46. The highest BCUT2D eigenvalue weighted by atomic mass is 32.1. The van der Waals surface area contributed by atoms with Crippen molar-refractivity contribution in [1.82, 2.24) is 10.3 Å². The minimum atomic E-state index is 0.614. The molecule has 0 spiro atoms. The second-order valence-corrected chi connectivity index (χ2v) is 6.08. The van der Waals surface area contributed by atoms with E-state index in [-0.39, 0.29) is 0 Å². The predicted molar refractivity (Wildman–Crippen MR) is 84.2 cm³/mol. The lowest BCUT2D eigenvalue weighted by atomic mass is 10.3. The Morgan fingerprint density at radius 1 is 1.29 bits per heavy atom. The topological polar surface area (TPSA) is 43.4 Å². The van der Waals surface area contributed by atoms with E-state index in [1.165, 1.54) is 12.8 Å². The molecule has 0 unspecified atom stereocenters. The van der Waals surface area contributed by atoms with Crippen LogP contribution in [0, 0.1) is 0 Å². The largest absolute Gasteiger partial charge is 0.493 e. The predicted octanol–water partition coefficient (Wildman–Crippen LogP) is 3.03. The fraction of sp³-hybridized carbons (Fsp3) is 0.438. The number of ether oxygens (including phenoxy) is 2. The summed E-state index contributed by atoms with van der Waals surface area (Å²) in [5.41, 5.74) is 1.14. The Morgan fingerprint density at radius 3 is 2.86 bits per heavy atom. The number of rotatable bonds is 8. The van der Waals surface area contributed by atoms with Crippen LogP contribution in [0.15, 0.2) is 29.6 Å². The summed E-state index contributed by atoms with van der Waals surface area (Å²) in [7, 11) is 1.65. The average molecular weight is 304 g/mol. The summed E-state index contributed by atoms with van der Waals surface area (Å²) in [6.45, 7) is 1.50. The highest BCUT2D eigenvalue weighted by Crippen LogP contribution is 2.26. The van der Waals surface area contributed by atoms with Crippen molar-refractivity contribution in [2.45, 2.75) is 31.8 Å². The molecule has 4 nitrogen and oxygen atoms in total. The maximum absolute atomic E-state index is 5.78. The SMILES string of the molecule is COc1ccccc1OCCc1nc(CNC2CC2)cs1. The molecular weight excluding hydrogens is 284 g/mol. The standard InChI is InChI=1S/C16H20N2O2S/c1-19-14-4-2-3-5-15(14)20-9-8-16-18-13(11-21-16)10-17-12-6-7-12/h2-5,11-12,17H,6-10H2,1H3. The first-order chi connectivity index (χ1) is 10.3. The van der Waals surface area contributed by atoms with E-state index in [9.17, 15) is 0 Å². The van der Waals surface area contributed by atoms with Crippen LogP contribution in [0.1, 0.15) is 23.5 Å². The third-order valence-corrected chi connectivity index (χ3v) is 4.35. The Labute approximate surface area is 129 Å². The minimum Gasteiger partial charge on any atom is -0.493 e. The minimum absolute atomic E-state index is 0.614. The number of methoxy groups -OCH3 is 1. The molecule has 0 bridgehead atoms. The fourth-order valence-electron chi connectivity index (χ4n) is 2.07. The van der Waals surface area contributed by atoms with E-state index in [1.54, 1.807) is 18.4 Å². The van der Waals surface area contributed by atoms with E-state index in [1.807, 2.05) is 24.3 Å². The first-order valence-corrected chi connectivity index (χ1v) is 8.15. The molecule has 1 saturated carbocycles. The summed E-state index contributed by atoms with van der Waals surface area (Å²) in [6, 6.07) is 8.43. The fourth-order valence-corrected chi connectivity index (χ4v) is 2.85. The highest BCUT2D eigenvalue weighted by molar-refractivity contribution is 7.09. The van der Waals surface area contributed by atoms with Crippen LogP contribution in [0.5, 0.6) is 11.5 Å². The number of benzene rings is 1. The van der Waals surface area contributed by atoms with Crippen molar-refractivity contribution in [3.8, 4) is 11.5 Å². The Hall–Kier alpha value is -1.59. The summed E-state index contributed by atoms with van der Waals surface area (Å²) in [5.74, 6) is 1.55. The zero-order chi connectivity index (χ0) is 14.5. The first kappa shape index (κ1) is 14.4. The van der Waals surface area contributed by atoms with E-state index in [0.717, 1.165) is 41.2 Å². The molecule has 0 saturated heterocycles. The second-order valence-electron chi connectivity index (χ2n) is 5.14. The molecule has 1 fully saturated rings. The molecule has 1 heterocycles. The molecule has 0 aliphatic heterocycles. The van der Waals surface area contributed by atoms with Crippen LogP contribution in [-0.4, -0.2) is 24.7 Å². The summed E-state index contributed by atoms with van der Waals surface area (Å²) < 4.78 is 11.0. The molecule has 1 aliphatic rings. The Kier molecular flexibility index (Phi) is 4.72. The molecule has 1 aliphatic carbocycles. The van der Waals surface area contributed by atoms with E-state index < -0.39 is 0 Å². The van der Waals surface area contributed by atoms with Gasteiger partial charge in [-0.1, -0.05) is 12.1 Å². The normalized spacial score (nSPS) is 14.1. The van der Waals surface area contributed by atoms with Crippen LogP contribution in [-0.2, 0) is 13.0 Å². The maximum atomic E-state index is 5.78. The van der Waals surface area contributed by atoms with Gasteiger partial charge in [0.1, 0.15) is 0 Å². The molecule has 1 aromatic heterocycles. The smallest absolute Gasteiger partial charge is 0.161 e. The van der Waals surface area contributed by atoms with Gasteiger partial charge in [0.25, 0.3) is 0 Å². The van der Waals surface area contributed by atoms with Crippen LogP contribution >= 0.6 is 11.3 Å². The quantitative estimate of drug-likeness (QED) is 0.814. The molecule has 1 N–H and O–H groups in total. The molecular formula is C16H20N2O2S. The lowest BCUT2D eigenvalue weighted by molar-refractivity contribution is 0.297. The third kappa shape index (κ3) is 4.19. The van der Waals surface area contributed by atoms with Crippen LogP contribution < -0.4 is 14.8 Å². The van der Waals surface area contributed by atoms with Crippen LogP contribution in [0.4, 0.5) is 0 Å². The monoisotopic (exact) mass is 304 g/mol. The van der Waals surface area contributed by atoms with Crippen LogP contribution in [0.25, 0.3) is 0 Å². The number of nitrogens with zero attached hydrogens (tertiary/aromatic N) is 1. The van der Waals surface area contributed by atoms with Crippen molar-refractivity contribution in [2.24, 2.45) is 0 Å². The lowest BCUT2D eigenvalue weighted by Crippen LogP contribution is -2.15. The van der Waals surface area contributed by atoms with Gasteiger partial charge in [-0.15, -0.1) is 11.3 Å². The third-order valence-electron chi connectivity index (χ3n) is 3.39. The van der Waals surface area contributed by atoms with E-state index in [4.69, 9.17) is 9.47 Å². The highest BCUT2D eigenvalue weighted by Gasteiger charge is 2.20. The number of para-hydroxylation sites is 2. The van der Waals surface area contributed by atoms with Gasteiger partial charge in [0.15, 0.2) is 11.5 Å². The number of hydrogen-bond acceptors (Lipinski definition) is 5. The van der Waals surface area contributed by atoms with Crippen molar-refractivity contribution in [3.63, 3.8) is 0 Å². The number of aromatic nitrogens is 1. The van der Waals surface area contributed by atoms with Gasteiger partial charge in [-0.3, -0.25) is 0 Å². The van der Waals surface area contributed by atoms with Gasteiger partial charge in [0.05, 0.1) is 24.4 Å². The summed E-state index contributed by atoms with van der Waals surface area (Å²) >= 11 is 1.70. The summed E-state index contributed by atoms with van der Waals surface area (Å²) in [5, 5.41) is 6.74. The average Bonchev–Trinajstić information content (AvgIpc) is 3.24. The lowest BCUT2D eigenvalue weighted by Gasteiger charge is -2.09. The zero-order valence-corrected chi connectivity index (χ0v) is 13.0. The molecule has 21 heavy (non-hydrogen) atoms. The summed E-state index contributed by atoms with van der Waals surface area (Å²) in [4.78, 5) is 4.63. The van der Waals surface area contributed by atoms with Gasteiger partial charge in [-0.2, -0.15) is 0 Å². The van der Waals surface area contributed by atoms with Crippen LogP contribution in [0.3, 0.4) is 0 Å². The van der Waals surface area contributed by atoms with E-state index >= 15 is 0 Å². The van der Waals surface area contributed by atoms with Gasteiger partial charge in [0.2, 0.25) is 0 Å². The Morgan fingerprint density at radius 2 is 2.10 bits per heavy atom. The van der Waals surface area contributed by atoms with Gasteiger partial charge in [-0.25, -0.2) is 4.98 Å². The number of hydrogen-bond donors (Lipinski definition) is 1. The van der Waals surface area contributed by atoms with Crippen molar-refractivity contribution in [2.75, 3.05) is 13.7 Å². The molecule has 0 radical (unpaired) electrons. The number of nitrogens with one attached hydrogen (secondary N) is 1. The van der Waals surface area contributed by atoms with Gasteiger partial charge >= 0.3 is 0 Å². The molecule has 1 aromatic carbocycles. The van der Waals surface area contributed by atoms with E-state index in [0.29, 0.717) is 6.61 Å². The van der Waals surface area contributed by atoms with Crippen molar-refractivity contribution in [3.05, 3.63) is 40.3 Å². The molecule has 3 rings (SSSR count). The Bertz CT molecular complexity index is 581. The first-order valence-electron chi connectivity index (χ1n) is 7.27. The molecule has 5 heteroatoms. The molecule has 112 valence electrons. The van der Waals surface area contributed by atoms with Gasteiger partial charge in [0, 0.05) is 24.4 Å². The maximum Gasteiger partial charge on any atom is 0.161 e. The van der Waals surface area contributed by atoms with Crippen LogP contribution in [0.2, 0.25) is 0 Å². The van der Waals surface area contributed by atoms with Gasteiger partial charge in [-0.05, 0) is 25.0 Å². The second kappa shape index (κ2) is 6.91. The summed E-state index contributed by atoms with van der Waals surface area (Å²) in [6.07, 6.45) is 3.44. The van der Waals surface area contributed by atoms with E-state index in [2.05, 4.69) is 15.7 Å². The molecule has 0 atom stereocenters. The molecule has 0 amide bonds. The molecule has 2 aromatic rings. The number of thiazole rings is 1. The van der Waals surface area contributed by atoms with Crippen molar-refractivity contribution in [1.29, 1.82) is 0 Å². The van der Waals surface area contributed by atoms with Gasteiger partial charge < -0.3 is 14.8 Å². The zero-order valence-electron chi connectivity index (χ0n) is 12.2. The van der Waals surface area contributed by atoms with Crippen molar-refractivity contribution < 1.29 is 9.47 Å².